The number of halogens is 2. The van der Waals surface area contributed by atoms with Crippen molar-refractivity contribution in [1.82, 2.24) is 19.5 Å². The van der Waals surface area contributed by atoms with Crippen LogP contribution in [0.15, 0.2) is 36.8 Å². The van der Waals surface area contributed by atoms with Crippen molar-refractivity contribution in [3.63, 3.8) is 0 Å². The lowest BCUT2D eigenvalue weighted by atomic mass is 10.2. The molecule has 1 unspecified atom stereocenters. The van der Waals surface area contributed by atoms with Crippen molar-refractivity contribution >= 4 is 34.4 Å². The first-order valence-corrected chi connectivity index (χ1v) is 7.51. The maximum absolute atomic E-state index is 6.24. The Morgan fingerprint density at radius 1 is 1.33 bits per heavy atom. The standard InChI is InChI=1S/C15H14Cl2N4/c1-10(16)14-20-13-7-12(17)9-19-15(13)21(14)6-4-11-3-2-5-18-8-11/h2-3,5,7-10H,4,6H2,1H3. The minimum absolute atomic E-state index is 0.188. The van der Waals surface area contributed by atoms with Crippen molar-refractivity contribution in [2.24, 2.45) is 0 Å². The third kappa shape index (κ3) is 3.01. The molecule has 3 heterocycles. The molecule has 0 amide bonds. The molecule has 21 heavy (non-hydrogen) atoms. The van der Waals surface area contributed by atoms with Crippen LogP contribution in [-0.4, -0.2) is 19.5 Å². The van der Waals surface area contributed by atoms with Gasteiger partial charge in [-0.2, -0.15) is 0 Å². The highest BCUT2D eigenvalue weighted by atomic mass is 35.5. The Bertz CT molecular complexity index is 753. The summed E-state index contributed by atoms with van der Waals surface area (Å²) >= 11 is 12.2. The number of imidazole rings is 1. The van der Waals surface area contributed by atoms with Crippen LogP contribution in [0.1, 0.15) is 23.7 Å². The fourth-order valence-electron chi connectivity index (χ4n) is 2.31. The molecule has 0 spiro atoms. The zero-order valence-corrected chi connectivity index (χ0v) is 13.0. The normalized spacial score (nSPS) is 12.7. The molecule has 0 aromatic carbocycles. The van der Waals surface area contributed by atoms with Crippen LogP contribution in [-0.2, 0) is 13.0 Å². The van der Waals surface area contributed by atoms with E-state index in [0.29, 0.717) is 5.02 Å². The van der Waals surface area contributed by atoms with E-state index in [1.165, 1.54) is 5.56 Å². The van der Waals surface area contributed by atoms with Crippen LogP contribution >= 0.6 is 23.2 Å². The number of hydrogen-bond acceptors (Lipinski definition) is 3. The summed E-state index contributed by atoms with van der Waals surface area (Å²) < 4.78 is 2.05. The Labute approximate surface area is 132 Å². The molecule has 0 radical (unpaired) electrons. The van der Waals surface area contributed by atoms with Gasteiger partial charge in [-0.3, -0.25) is 4.98 Å². The van der Waals surface area contributed by atoms with Crippen LogP contribution in [0, 0.1) is 0 Å². The third-order valence-corrected chi connectivity index (χ3v) is 3.69. The molecule has 3 rings (SSSR count). The molecule has 0 saturated heterocycles. The monoisotopic (exact) mass is 320 g/mol. The fourth-order valence-corrected chi connectivity index (χ4v) is 2.63. The molecule has 4 nitrogen and oxygen atoms in total. The molecule has 0 fully saturated rings. The van der Waals surface area contributed by atoms with Crippen LogP contribution < -0.4 is 0 Å². The summed E-state index contributed by atoms with van der Waals surface area (Å²) in [5.41, 5.74) is 2.75. The molecule has 0 aliphatic heterocycles. The molecule has 3 aromatic heterocycles. The Morgan fingerprint density at radius 3 is 2.90 bits per heavy atom. The van der Waals surface area contributed by atoms with Crippen LogP contribution in [0.2, 0.25) is 5.02 Å². The first-order chi connectivity index (χ1) is 10.1. The van der Waals surface area contributed by atoms with Crippen molar-refractivity contribution in [2.45, 2.75) is 25.3 Å². The Balaban J connectivity index is 1.97. The lowest BCUT2D eigenvalue weighted by Crippen LogP contribution is -2.07. The number of rotatable bonds is 4. The number of aromatic nitrogens is 4. The summed E-state index contributed by atoms with van der Waals surface area (Å²) in [7, 11) is 0. The number of pyridine rings is 2. The minimum Gasteiger partial charge on any atom is -0.311 e. The summed E-state index contributed by atoms with van der Waals surface area (Å²) in [5, 5.41) is 0.389. The van der Waals surface area contributed by atoms with E-state index in [0.717, 1.165) is 30.0 Å². The zero-order valence-electron chi connectivity index (χ0n) is 11.5. The van der Waals surface area contributed by atoms with E-state index in [1.54, 1.807) is 12.4 Å². The maximum Gasteiger partial charge on any atom is 0.160 e. The average molecular weight is 321 g/mol. The molecule has 0 N–H and O–H groups in total. The quantitative estimate of drug-likeness (QED) is 0.682. The molecule has 0 bridgehead atoms. The molecular weight excluding hydrogens is 307 g/mol. The van der Waals surface area contributed by atoms with E-state index in [9.17, 15) is 0 Å². The second kappa shape index (κ2) is 6.00. The topological polar surface area (TPSA) is 43.6 Å². The number of fused-ring (bicyclic) bond motifs is 1. The van der Waals surface area contributed by atoms with Gasteiger partial charge in [-0.05, 0) is 31.0 Å². The van der Waals surface area contributed by atoms with Gasteiger partial charge in [0.1, 0.15) is 11.3 Å². The van der Waals surface area contributed by atoms with E-state index in [1.807, 2.05) is 25.3 Å². The van der Waals surface area contributed by atoms with Gasteiger partial charge < -0.3 is 4.57 Å². The van der Waals surface area contributed by atoms with E-state index < -0.39 is 0 Å². The van der Waals surface area contributed by atoms with Crippen LogP contribution in [0.4, 0.5) is 0 Å². The van der Waals surface area contributed by atoms with Crippen molar-refractivity contribution < 1.29 is 0 Å². The Kier molecular flexibility index (Phi) is 4.08. The predicted octanol–water partition coefficient (Wildman–Crippen LogP) is 4.02. The molecule has 0 aliphatic carbocycles. The smallest absolute Gasteiger partial charge is 0.160 e. The van der Waals surface area contributed by atoms with E-state index in [-0.39, 0.29) is 5.38 Å². The first-order valence-electron chi connectivity index (χ1n) is 6.70. The molecule has 1 atom stereocenters. The summed E-state index contributed by atoms with van der Waals surface area (Å²) in [6.07, 6.45) is 6.12. The number of nitrogens with zero attached hydrogens (tertiary/aromatic N) is 4. The van der Waals surface area contributed by atoms with Gasteiger partial charge in [0, 0.05) is 25.1 Å². The Hall–Kier alpha value is -1.65. The second-order valence-electron chi connectivity index (χ2n) is 4.85. The number of aryl methyl sites for hydroxylation is 2. The largest absolute Gasteiger partial charge is 0.311 e. The van der Waals surface area contributed by atoms with Gasteiger partial charge in [0.25, 0.3) is 0 Å². The van der Waals surface area contributed by atoms with Crippen LogP contribution in [0.3, 0.4) is 0 Å². The molecule has 0 saturated carbocycles. The third-order valence-electron chi connectivity index (χ3n) is 3.28. The van der Waals surface area contributed by atoms with Gasteiger partial charge in [0.2, 0.25) is 0 Å². The van der Waals surface area contributed by atoms with Gasteiger partial charge in [-0.25, -0.2) is 9.97 Å². The van der Waals surface area contributed by atoms with Crippen molar-refractivity contribution in [3.8, 4) is 0 Å². The average Bonchev–Trinajstić information content (AvgIpc) is 2.84. The lowest BCUT2D eigenvalue weighted by molar-refractivity contribution is 0.662. The summed E-state index contributed by atoms with van der Waals surface area (Å²) in [5.74, 6) is 0.810. The van der Waals surface area contributed by atoms with Gasteiger partial charge >= 0.3 is 0 Å². The maximum atomic E-state index is 6.24. The number of alkyl halides is 1. The van der Waals surface area contributed by atoms with Crippen molar-refractivity contribution in [1.29, 1.82) is 0 Å². The fraction of sp³-hybridized carbons (Fsp3) is 0.267. The number of hydrogen-bond donors (Lipinski definition) is 0. The van der Waals surface area contributed by atoms with E-state index in [2.05, 4.69) is 25.6 Å². The minimum atomic E-state index is -0.188. The van der Waals surface area contributed by atoms with Gasteiger partial charge in [-0.15, -0.1) is 11.6 Å². The van der Waals surface area contributed by atoms with Gasteiger partial charge in [0.15, 0.2) is 5.65 Å². The van der Waals surface area contributed by atoms with E-state index in [4.69, 9.17) is 23.2 Å². The summed E-state index contributed by atoms with van der Waals surface area (Å²) in [4.78, 5) is 13.1. The Morgan fingerprint density at radius 2 is 2.19 bits per heavy atom. The predicted molar refractivity (Wildman–Crippen MR) is 84.7 cm³/mol. The highest BCUT2D eigenvalue weighted by Gasteiger charge is 2.16. The second-order valence-corrected chi connectivity index (χ2v) is 5.94. The lowest BCUT2D eigenvalue weighted by Gasteiger charge is -2.09. The van der Waals surface area contributed by atoms with E-state index >= 15 is 0 Å². The van der Waals surface area contributed by atoms with Crippen molar-refractivity contribution in [2.75, 3.05) is 0 Å². The molecule has 108 valence electrons. The summed E-state index contributed by atoms with van der Waals surface area (Å²) in [6, 6.07) is 5.80. The van der Waals surface area contributed by atoms with Gasteiger partial charge in [0.05, 0.1) is 10.4 Å². The highest BCUT2D eigenvalue weighted by molar-refractivity contribution is 6.31. The first kappa shape index (κ1) is 14.3. The SMILES string of the molecule is CC(Cl)c1nc2cc(Cl)cnc2n1CCc1cccnc1. The molecule has 0 aliphatic rings. The molecule has 3 aromatic rings. The molecule has 6 heteroatoms. The zero-order chi connectivity index (χ0) is 14.8. The highest BCUT2D eigenvalue weighted by Crippen LogP contribution is 2.25. The van der Waals surface area contributed by atoms with Crippen molar-refractivity contribution in [3.05, 3.63) is 53.2 Å². The molecular formula is C15H14Cl2N4. The van der Waals surface area contributed by atoms with Crippen LogP contribution in [0.25, 0.3) is 11.2 Å². The van der Waals surface area contributed by atoms with Crippen LogP contribution in [0.5, 0.6) is 0 Å². The summed E-state index contributed by atoms with van der Waals surface area (Å²) in [6.45, 7) is 2.66. The van der Waals surface area contributed by atoms with Gasteiger partial charge in [-0.1, -0.05) is 17.7 Å².